The van der Waals surface area contributed by atoms with E-state index in [-0.39, 0.29) is 22.8 Å². The molecule has 0 radical (unpaired) electrons. The van der Waals surface area contributed by atoms with E-state index in [1.54, 1.807) is 44.2 Å². The van der Waals surface area contributed by atoms with Crippen molar-refractivity contribution < 1.29 is 31.9 Å². The number of nitrogens with zero attached hydrogens (tertiary/aromatic N) is 1. The standard InChI is InChI=1S/C26H27FN2O6S/c1-4-34-21-13-11-20(12-14-21)29(36(32,33)22-15-9-19(27)10-16-22)17-25(30)28-24-8-6-7-23(18(24)3)26(31)35-5-2/h6-16H,4-5,17H2,1-3H3,(H,28,30). The monoisotopic (exact) mass is 514 g/mol. The molecule has 0 aromatic heterocycles. The van der Waals surface area contributed by atoms with Gasteiger partial charge in [0.05, 0.1) is 29.4 Å². The fourth-order valence-electron chi connectivity index (χ4n) is 3.45. The smallest absolute Gasteiger partial charge is 0.338 e. The molecular formula is C26H27FN2O6S. The SMILES string of the molecule is CCOC(=O)c1cccc(NC(=O)CN(c2ccc(OCC)cc2)S(=O)(=O)c2ccc(F)cc2)c1C. The number of carbonyl (C=O) groups is 2. The number of ether oxygens (including phenoxy) is 2. The molecule has 0 bridgehead atoms. The molecule has 3 aromatic rings. The molecule has 0 aliphatic rings. The highest BCUT2D eigenvalue weighted by molar-refractivity contribution is 7.92. The lowest BCUT2D eigenvalue weighted by molar-refractivity contribution is -0.114. The predicted molar refractivity (Wildman–Crippen MR) is 134 cm³/mol. The number of sulfonamides is 1. The summed E-state index contributed by atoms with van der Waals surface area (Å²) < 4.78 is 51.7. The van der Waals surface area contributed by atoms with Gasteiger partial charge in [-0.25, -0.2) is 17.6 Å². The Hall–Kier alpha value is -3.92. The molecule has 3 aromatic carbocycles. The van der Waals surface area contributed by atoms with Crippen LogP contribution in [0.1, 0.15) is 29.8 Å². The van der Waals surface area contributed by atoms with Crippen molar-refractivity contribution in [1.29, 1.82) is 0 Å². The lowest BCUT2D eigenvalue weighted by atomic mass is 10.1. The van der Waals surface area contributed by atoms with Crippen LogP contribution in [0.25, 0.3) is 0 Å². The molecule has 0 aliphatic carbocycles. The zero-order valence-corrected chi connectivity index (χ0v) is 21.0. The van der Waals surface area contributed by atoms with E-state index in [1.165, 1.54) is 12.1 Å². The second-order valence-electron chi connectivity index (χ2n) is 7.64. The van der Waals surface area contributed by atoms with E-state index in [0.717, 1.165) is 28.6 Å². The van der Waals surface area contributed by atoms with Crippen molar-refractivity contribution in [3.05, 3.63) is 83.7 Å². The molecule has 0 atom stereocenters. The van der Waals surface area contributed by atoms with Crippen LogP contribution in [0.15, 0.2) is 71.6 Å². The Morgan fingerprint density at radius 1 is 0.944 bits per heavy atom. The Balaban J connectivity index is 1.93. The highest BCUT2D eigenvalue weighted by atomic mass is 32.2. The quantitative estimate of drug-likeness (QED) is 0.399. The summed E-state index contributed by atoms with van der Waals surface area (Å²) in [6.07, 6.45) is 0. The van der Waals surface area contributed by atoms with Gasteiger partial charge in [0.1, 0.15) is 18.1 Å². The molecule has 0 spiro atoms. The first-order valence-electron chi connectivity index (χ1n) is 11.2. The summed E-state index contributed by atoms with van der Waals surface area (Å²) in [6, 6.07) is 15.3. The van der Waals surface area contributed by atoms with Crippen molar-refractivity contribution >= 4 is 33.3 Å². The molecule has 8 nitrogen and oxygen atoms in total. The van der Waals surface area contributed by atoms with Crippen molar-refractivity contribution in [3.8, 4) is 5.75 Å². The predicted octanol–water partition coefficient (Wildman–Crippen LogP) is 4.54. The number of nitrogens with one attached hydrogen (secondary N) is 1. The van der Waals surface area contributed by atoms with E-state index in [1.807, 2.05) is 6.92 Å². The third-order valence-electron chi connectivity index (χ3n) is 5.23. The molecular weight excluding hydrogens is 487 g/mol. The van der Waals surface area contributed by atoms with Crippen LogP contribution in [0.3, 0.4) is 0 Å². The molecule has 0 saturated carbocycles. The molecule has 10 heteroatoms. The summed E-state index contributed by atoms with van der Waals surface area (Å²) in [7, 11) is -4.23. The van der Waals surface area contributed by atoms with Gasteiger partial charge in [0.25, 0.3) is 10.0 Å². The Kier molecular flexibility index (Phi) is 8.65. The van der Waals surface area contributed by atoms with Crippen LogP contribution < -0.4 is 14.4 Å². The van der Waals surface area contributed by atoms with E-state index < -0.39 is 34.3 Å². The number of benzene rings is 3. The van der Waals surface area contributed by atoms with Crippen molar-refractivity contribution in [2.75, 3.05) is 29.4 Å². The number of rotatable bonds is 10. The molecule has 3 rings (SSSR count). The summed E-state index contributed by atoms with van der Waals surface area (Å²) in [4.78, 5) is 25.1. The molecule has 0 fully saturated rings. The summed E-state index contributed by atoms with van der Waals surface area (Å²) >= 11 is 0. The first-order chi connectivity index (χ1) is 17.2. The average Bonchev–Trinajstić information content (AvgIpc) is 2.85. The normalized spacial score (nSPS) is 11.0. The Bertz CT molecular complexity index is 1330. The van der Waals surface area contributed by atoms with Gasteiger partial charge in [-0.2, -0.15) is 0 Å². The fraction of sp³-hybridized carbons (Fsp3) is 0.231. The van der Waals surface area contributed by atoms with Crippen molar-refractivity contribution in [3.63, 3.8) is 0 Å². The Morgan fingerprint density at radius 3 is 2.22 bits per heavy atom. The van der Waals surface area contributed by atoms with Crippen LogP contribution in [0.5, 0.6) is 5.75 Å². The lowest BCUT2D eigenvalue weighted by Crippen LogP contribution is -2.38. The number of esters is 1. The molecule has 190 valence electrons. The first kappa shape index (κ1) is 26.7. The molecule has 1 N–H and O–H groups in total. The van der Waals surface area contributed by atoms with Gasteiger partial charge in [0, 0.05) is 5.69 Å². The number of anilines is 2. The number of halogens is 1. The van der Waals surface area contributed by atoms with Gasteiger partial charge in [-0.1, -0.05) is 6.07 Å². The van der Waals surface area contributed by atoms with Crippen molar-refractivity contribution in [2.45, 2.75) is 25.7 Å². The van der Waals surface area contributed by atoms with E-state index in [4.69, 9.17) is 9.47 Å². The number of hydrogen-bond acceptors (Lipinski definition) is 6. The largest absolute Gasteiger partial charge is 0.494 e. The molecule has 36 heavy (non-hydrogen) atoms. The third-order valence-corrected chi connectivity index (χ3v) is 7.02. The van der Waals surface area contributed by atoms with E-state index in [0.29, 0.717) is 23.6 Å². The Labute approximate surface area is 209 Å². The van der Waals surface area contributed by atoms with Gasteiger partial charge < -0.3 is 14.8 Å². The first-order valence-corrected chi connectivity index (χ1v) is 12.7. The second kappa shape index (κ2) is 11.7. The summed E-state index contributed by atoms with van der Waals surface area (Å²) in [5, 5.41) is 2.67. The third kappa shape index (κ3) is 6.19. The molecule has 0 saturated heterocycles. The summed E-state index contributed by atoms with van der Waals surface area (Å²) in [5.41, 5.74) is 1.33. The van der Waals surface area contributed by atoms with Gasteiger partial charge in [-0.05, 0) is 87.0 Å². The van der Waals surface area contributed by atoms with Crippen LogP contribution in [-0.2, 0) is 19.6 Å². The van der Waals surface area contributed by atoms with E-state index in [9.17, 15) is 22.4 Å². The van der Waals surface area contributed by atoms with Crippen LogP contribution in [0.2, 0.25) is 0 Å². The molecule has 1 amide bonds. The van der Waals surface area contributed by atoms with Crippen LogP contribution in [-0.4, -0.2) is 40.1 Å². The van der Waals surface area contributed by atoms with Gasteiger partial charge >= 0.3 is 5.97 Å². The molecule has 0 aliphatic heterocycles. The summed E-state index contributed by atoms with van der Waals surface area (Å²) in [5.74, 6) is -1.22. The maximum Gasteiger partial charge on any atom is 0.338 e. The highest BCUT2D eigenvalue weighted by Gasteiger charge is 2.28. The fourth-order valence-corrected chi connectivity index (χ4v) is 4.87. The van der Waals surface area contributed by atoms with Gasteiger partial charge in [-0.15, -0.1) is 0 Å². The second-order valence-corrected chi connectivity index (χ2v) is 9.50. The number of hydrogen-bond donors (Lipinski definition) is 1. The van der Waals surface area contributed by atoms with Crippen LogP contribution in [0.4, 0.5) is 15.8 Å². The van der Waals surface area contributed by atoms with E-state index in [2.05, 4.69) is 5.32 Å². The van der Waals surface area contributed by atoms with Gasteiger partial charge in [-0.3, -0.25) is 9.10 Å². The molecule has 0 unspecified atom stereocenters. The maximum absolute atomic E-state index is 13.5. The van der Waals surface area contributed by atoms with E-state index >= 15 is 0 Å². The van der Waals surface area contributed by atoms with Crippen molar-refractivity contribution in [2.24, 2.45) is 0 Å². The minimum Gasteiger partial charge on any atom is -0.494 e. The van der Waals surface area contributed by atoms with Crippen molar-refractivity contribution in [1.82, 2.24) is 0 Å². The minimum absolute atomic E-state index is 0.175. The lowest BCUT2D eigenvalue weighted by Gasteiger charge is -2.24. The van der Waals surface area contributed by atoms with Gasteiger partial charge in [0.15, 0.2) is 0 Å². The topological polar surface area (TPSA) is 102 Å². The summed E-state index contributed by atoms with van der Waals surface area (Å²) in [6.45, 7) is 5.23. The Morgan fingerprint density at radius 2 is 1.61 bits per heavy atom. The van der Waals surface area contributed by atoms with Crippen LogP contribution in [0, 0.1) is 12.7 Å². The van der Waals surface area contributed by atoms with Crippen LogP contribution >= 0.6 is 0 Å². The van der Waals surface area contributed by atoms with Gasteiger partial charge in [0.2, 0.25) is 5.91 Å². The zero-order valence-electron chi connectivity index (χ0n) is 20.2. The zero-order chi connectivity index (χ0) is 26.3. The maximum atomic E-state index is 13.5. The average molecular weight is 515 g/mol. The highest BCUT2D eigenvalue weighted by Crippen LogP contribution is 2.27. The molecule has 0 heterocycles. The number of carbonyl (C=O) groups excluding carboxylic acids is 2. The number of amides is 1. The minimum atomic E-state index is -4.23.